The molecule has 0 aromatic heterocycles. The predicted octanol–water partition coefficient (Wildman–Crippen LogP) is 3.59. The van der Waals surface area contributed by atoms with Crippen molar-refractivity contribution in [2.45, 2.75) is 65.3 Å². The van der Waals surface area contributed by atoms with Crippen LogP contribution in [0.5, 0.6) is 0 Å². The monoisotopic (exact) mass is 197 g/mol. The molecule has 3 unspecified atom stereocenters. The Morgan fingerprint density at radius 2 is 1.93 bits per heavy atom. The van der Waals surface area contributed by atoms with E-state index in [-0.39, 0.29) is 0 Å². The molecular formula is C13H27N. The van der Waals surface area contributed by atoms with E-state index in [9.17, 15) is 0 Å². The first-order chi connectivity index (χ1) is 6.90. The van der Waals surface area contributed by atoms with Crippen LogP contribution in [0.2, 0.25) is 0 Å². The van der Waals surface area contributed by atoms with Crippen molar-refractivity contribution in [1.29, 1.82) is 0 Å². The zero-order chi connectivity index (χ0) is 10.4. The summed E-state index contributed by atoms with van der Waals surface area (Å²) in [6, 6.07) is 0.887. The fraction of sp³-hybridized carbons (Fsp3) is 1.00. The molecule has 3 atom stereocenters. The molecule has 14 heavy (non-hydrogen) atoms. The minimum Gasteiger partial charge on any atom is -0.314 e. The molecule has 84 valence electrons. The molecule has 1 nitrogen and oxygen atoms in total. The maximum Gasteiger partial charge on any atom is 0.00979 e. The van der Waals surface area contributed by atoms with E-state index in [4.69, 9.17) is 0 Å². The molecule has 0 aromatic rings. The van der Waals surface area contributed by atoms with Crippen molar-refractivity contribution in [1.82, 2.24) is 5.32 Å². The number of rotatable bonds is 1. The minimum atomic E-state index is 0.887. The van der Waals surface area contributed by atoms with Crippen LogP contribution in [0.3, 0.4) is 0 Å². The maximum absolute atomic E-state index is 3.69. The smallest absolute Gasteiger partial charge is 0.00979 e. The predicted molar refractivity (Wildman–Crippen MR) is 63.5 cm³/mol. The van der Waals surface area contributed by atoms with E-state index < -0.39 is 0 Å². The van der Waals surface area contributed by atoms with Crippen LogP contribution in [0.4, 0.5) is 0 Å². The van der Waals surface area contributed by atoms with Gasteiger partial charge in [-0.2, -0.15) is 0 Å². The highest BCUT2D eigenvalue weighted by atomic mass is 14.9. The van der Waals surface area contributed by atoms with Crippen LogP contribution in [0.1, 0.15) is 59.3 Å². The second kappa shape index (κ2) is 6.44. The zero-order valence-corrected chi connectivity index (χ0v) is 10.2. The molecule has 1 heterocycles. The van der Waals surface area contributed by atoms with Gasteiger partial charge in [-0.15, -0.1) is 0 Å². The topological polar surface area (TPSA) is 12.0 Å². The van der Waals surface area contributed by atoms with Gasteiger partial charge >= 0.3 is 0 Å². The molecule has 0 radical (unpaired) electrons. The molecule has 2 fully saturated rings. The molecule has 0 aromatic carbocycles. The third-order valence-electron chi connectivity index (χ3n) is 3.84. The van der Waals surface area contributed by atoms with E-state index in [0.29, 0.717) is 0 Å². The van der Waals surface area contributed by atoms with Crippen molar-refractivity contribution in [2.24, 2.45) is 11.8 Å². The van der Waals surface area contributed by atoms with Crippen LogP contribution in [0.15, 0.2) is 0 Å². The van der Waals surface area contributed by atoms with E-state index >= 15 is 0 Å². The SMILES string of the molecule is CC.CCC1CCC2CCCNC2C1. The Hall–Kier alpha value is -0.0400. The Bertz CT molecular complexity index is 144. The quantitative estimate of drug-likeness (QED) is 0.677. The normalized spacial score (nSPS) is 36.6. The van der Waals surface area contributed by atoms with Crippen LogP contribution in [0, 0.1) is 11.8 Å². The van der Waals surface area contributed by atoms with Crippen molar-refractivity contribution in [3.63, 3.8) is 0 Å². The first-order valence-corrected chi connectivity index (χ1v) is 6.63. The van der Waals surface area contributed by atoms with Gasteiger partial charge in [0.05, 0.1) is 0 Å². The van der Waals surface area contributed by atoms with E-state index in [0.717, 1.165) is 17.9 Å². The third kappa shape index (κ3) is 2.98. The number of nitrogens with one attached hydrogen (secondary N) is 1. The molecule has 0 bridgehead atoms. The van der Waals surface area contributed by atoms with Gasteiger partial charge in [0.15, 0.2) is 0 Å². The fourth-order valence-corrected chi connectivity index (χ4v) is 2.94. The number of hydrogen-bond donors (Lipinski definition) is 1. The Labute approximate surface area is 89.7 Å². The average molecular weight is 197 g/mol. The largest absolute Gasteiger partial charge is 0.314 e. The molecule has 1 N–H and O–H groups in total. The summed E-state index contributed by atoms with van der Waals surface area (Å²) in [5.41, 5.74) is 0. The fourth-order valence-electron chi connectivity index (χ4n) is 2.94. The van der Waals surface area contributed by atoms with Crippen molar-refractivity contribution in [3.8, 4) is 0 Å². The summed E-state index contributed by atoms with van der Waals surface area (Å²) in [7, 11) is 0. The molecular weight excluding hydrogens is 170 g/mol. The lowest BCUT2D eigenvalue weighted by Crippen LogP contribution is -2.44. The first-order valence-electron chi connectivity index (χ1n) is 6.63. The van der Waals surface area contributed by atoms with Crippen LogP contribution in [-0.4, -0.2) is 12.6 Å². The van der Waals surface area contributed by atoms with Crippen LogP contribution >= 0.6 is 0 Å². The van der Waals surface area contributed by atoms with Gasteiger partial charge in [0.25, 0.3) is 0 Å². The van der Waals surface area contributed by atoms with Gasteiger partial charge in [-0.25, -0.2) is 0 Å². The third-order valence-corrected chi connectivity index (χ3v) is 3.84. The van der Waals surface area contributed by atoms with Gasteiger partial charge in [0, 0.05) is 6.04 Å². The van der Waals surface area contributed by atoms with Gasteiger partial charge in [0.1, 0.15) is 0 Å². The molecule has 1 saturated heterocycles. The standard InChI is InChI=1S/C11H21N.C2H6/c1-2-9-5-6-10-4-3-7-12-11(10)8-9;1-2/h9-12H,2-8H2,1H3;1-2H3. The lowest BCUT2D eigenvalue weighted by Gasteiger charge is -2.39. The van der Waals surface area contributed by atoms with E-state index in [1.54, 1.807) is 0 Å². The van der Waals surface area contributed by atoms with Crippen LogP contribution < -0.4 is 5.32 Å². The lowest BCUT2D eigenvalue weighted by atomic mass is 9.74. The maximum atomic E-state index is 3.69. The highest BCUT2D eigenvalue weighted by Crippen LogP contribution is 2.34. The summed E-state index contributed by atoms with van der Waals surface area (Å²) in [6.45, 7) is 7.62. The summed E-state index contributed by atoms with van der Waals surface area (Å²) in [5.74, 6) is 2.05. The second-order valence-corrected chi connectivity index (χ2v) is 4.55. The summed E-state index contributed by atoms with van der Waals surface area (Å²) in [5, 5.41) is 3.69. The van der Waals surface area contributed by atoms with E-state index in [1.165, 1.54) is 45.1 Å². The minimum absolute atomic E-state index is 0.887. The van der Waals surface area contributed by atoms with Crippen molar-refractivity contribution in [3.05, 3.63) is 0 Å². The van der Waals surface area contributed by atoms with Gasteiger partial charge in [-0.3, -0.25) is 0 Å². The Morgan fingerprint density at radius 1 is 1.14 bits per heavy atom. The zero-order valence-electron chi connectivity index (χ0n) is 10.2. The highest BCUT2D eigenvalue weighted by molar-refractivity contribution is 4.87. The molecule has 0 amide bonds. The van der Waals surface area contributed by atoms with Gasteiger partial charge in [0.2, 0.25) is 0 Å². The molecule has 1 aliphatic carbocycles. The second-order valence-electron chi connectivity index (χ2n) is 4.55. The Balaban J connectivity index is 0.000000461. The molecule has 0 spiro atoms. The Morgan fingerprint density at radius 3 is 2.64 bits per heavy atom. The summed E-state index contributed by atoms with van der Waals surface area (Å²) in [6.07, 6.45) is 8.76. The van der Waals surface area contributed by atoms with E-state index in [2.05, 4.69) is 12.2 Å². The Kier molecular flexibility index (Phi) is 5.54. The molecule has 1 heteroatoms. The van der Waals surface area contributed by atoms with Gasteiger partial charge in [-0.1, -0.05) is 33.6 Å². The number of piperidine rings is 1. The lowest BCUT2D eigenvalue weighted by molar-refractivity contribution is 0.165. The molecule has 2 rings (SSSR count). The first kappa shape index (κ1) is 12.0. The summed E-state index contributed by atoms with van der Waals surface area (Å²) >= 11 is 0. The number of fused-ring (bicyclic) bond motifs is 1. The van der Waals surface area contributed by atoms with Gasteiger partial charge < -0.3 is 5.32 Å². The molecule has 1 saturated carbocycles. The van der Waals surface area contributed by atoms with Gasteiger partial charge in [-0.05, 0) is 44.1 Å². The van der Waals surface area contributed by atoms with E-state index in [1.807, 2.05) is 13.8 Å². The summed E-state index contributed by atoms with van der Waals surface area (Å²) in [4.78, 5) is 0. The van der Waals surface area contributed by atoms with Crippen LogP contribution in [0.25, 0.3) is 0 Å². The summed E-state index contributed by atoms with van der Waals surface area (Å²) < 4.78 is 0. The molecule has 1 aliphatic heterocycles. The molecule has 2 aliphatic rings. The van der Waals surface area contributed by atoms with Crippen molar-refractivity contribution >= 4 is 0 Å². The highest BCUT2D eigenvalue weighted by Gasteiger charge is 2.30. The average Bonchev–Trinajstić information content (AvgIpc) is 2.31. The van der Waals surface area contributed by atoms with Crippen LogP contribution in [-0.2, 0) is 0 Å². The van der Waals surface area contributed by atoms with Crippen molar-refractivity contribution < 1.29 is 0 Å². The number of hydrogen-bond acceptors (Lipinski definition) is 1. The van der Waals surface area contributed by atoms with Crippen molar-refractivity contribution in [2.75, 3.05) is 6.54 Å².